The second-order valence-electron chi connectivity index (χ2n) is 4.57. The summed E-state index contributed by atoms with van der Waals surface area (Å²) in [4.78, 5) is 0. The van der Waals surface area contributed by atoms with Gasteiger partial charge in [-0.3, -0.25) is 0 Å². The van der Waals surface area contributed by atoms with Crippen molar-refractivity contribution in [1.29, 1.82) is 0 Å². The van der Waals surface area contributed by atoms with Crippen molar-refractivity contribution < 1.29 is 5.11 Å². The van der Waals surface area contributed by atoms with Gasteiger partial charge in [0.05, 0.1) is 5.60 Å². The monoisotopic (exact) mass is 223 g/mol. The number of aliphatic hydroxyl groups is 1. The third-order valence-electron chi connectivity index (χ3n) is 3.20. The van der Waals surface area contributed by atoms with Crippen molar-refractivity contribution in [3.63, 3.8) is 0 Å². The van der Waals surface area contributed by atoms with Gasteiger partial charge in [-0.2, -0.15) is 0 Å². The zero-order valence-electron chi connectivity index (χ0n) is 9.65. The average Bonchev–Trinajstić information content (AvgIpc) is 2.78. The molecule has 1 aliphatic rings. The Morgan fingerprint density at radius 3 is 2.62 bits per heavy atom. The van der Waals surface area contributed by atoms with Gasteiger partial charge in [-0.25, -0.2) is 0 Å². The molecular formula is C12H21N3O. The molecule has 0 bridgehead atoms. The maximum atomic E-state index is 10.2. The number of nitrogens with zero attached hydrogens (tertiary/aromatic N) is 1. The molecule has 0 amide bonds. The fourth-order valence-electron chi connectivity index (χ4n) is 2.12. The summed E-state index contributed by atoms with van der Waals surface area (Å²) in [6.45, 7) is 4.42. The highest BCUT2D eigenvalue weighted by Crippen LogP contribution is 2.16. The molecule has 0 unspecified atom stereocenters. The standard InChI is InChI=1S/C12H21N3O/c16-12(3-5-13-6-4-12)11-14-7-10-15-8-1-2-9-15/h1-2,8-9,13-14,16H,3-7,10-11H2. The fraction of sp³-hybridized carbons (Fsp3) is 0.667. The summed E-state index contributed by atoms with van der Waals surface area (Å²) in [5.41, 5.74) is -0.498. The van der Waals surface area contributed by atoms with E-state index in [0.717, 1.165) is 39.0 Å². The van der Waals surface area contributed by atoms with Gasteiger partial charge in [-0.15, -0.1) is 0 Å². The van der Waals surface area contributed by atoms with E-state index in [0.29, 0.717) is 6.54 Å². The van der Waals surface area contributed by atoms with Crippen molar-refractivity contribution in [2.75, 3.05) is 26.2 Å². The summed E-state index contributed by atoms with van der Waals surface area (Å²) in [7, 11) is 0. The number of hydrogen-bond acceptors (Lipinski definition) is 3. The molecule has 90 valence electrons. The van der Waals surface area contributed by atoms with Crippen LogP contribution >= 0.6 is 0 Å². The molecule has 1 aliphatic heterocycles. The normalized spacial score (nSPS) is 19.8. The van der Waals surface area contributed by atoms with E-state index < -0.39 is 5.60 Å². The van der Waals surface area contributed by atoms with E-state index in [2.05, 4.69) is 27.6 Å². The molecule has 0 aliphatic carbocycles. The summed E-state index contributed by atoms with van der Waals surface area (Å²) in [6, 6.07) is 4.06. The first-order valence-electron chi connectivity index (χ1n) is 6.03. The van der Waals surface area contributed by atoms with Crippen molar-refractivity contribution in [2.45, 2.75) is 25.0 Å². The Morgan fingerprint density at radius 1 is 1.25 bits per heavy atom. The van der Waals surface area contributed by atoms with Crippen molar-refractivity contribution in [3.05, 3.63) is 24.5 Å². The summed E-state index contributed by atoms with van der Waals surface area (Å²) in [5, 5.41) is 16.8. The summed E-state index contributed by atoms with van der Waals surface area (Å²) >= 11 is 0. The van der Waals surface area contributed by atoms with Crippen LogP contribution in [0.5, 0.6) is 0 Å². The zero-order valence-corrected chi connectivity index (χ0v) is 9.65. The van der Waals surface area contributed by atoms with Crippen LogP contribution in [0.3, 0.4) is 0 Å². The smallest absolute Gasteiger partial charge is 0.0795 e. The van der Waals surface area contributed by atoms with Crippen LogP contribution in [0, 0.1) is 0 Å². The molecule has 1 aromatic heterocycles. The molecule has 0 aromatic carbocycles. The average molecular weight is 223 g/mol. The fourth-order valence-corrected chi connectivity index (χ4v) is 2.12. The highest BCUT2D eigenvalue weighted by atomic mass is 16.3. The molecule has 4 nitrogen and oxygen atoms in total. The number of piperidine rings is 1. The molecule has 0 radical (unpaired) electrons. The number of rotatable bonds is 5. The Morgan fingerprint density at radius 2 is 1.94 bits per heavy atom. The molecule has 4 heteroatoms. The topological polar surface area (TPSA) is 49.2 Å². The van der Waals surface area contributed by atoms with E-state index >= 15 is 0 Å². The number of hydrogen-bond donors (Lipinski definition) is 3. The summed E-state index contributed by atoms with van der Waals surface area (Å²) in [5.74, 6) is 0. The Hall–Kier alpha value is -0.840. The first kappa shape index (κ1) is 11.6. The van der Waals surface area contributed by atoms with Crippen LogP contribution in [0.25, 0.3) is 0 Å². The predicted octanol–water partition coefficient (Wildman–Crippen LogP) is 0.192. The molecule has 0 atom stereocenters. The lowest BCUT2D eigenvalue weighted by Crippen LogP contribution is -2.48. The van der Waals surface area contributed by atoms with Gasteiger partial charge in [0.1, 0.15) is 0 Å². The van der Waals surface area contributed by atoms with Gasteiger partial charge >= 0.3 is 0 Å². The Balaban J connectivity index is 1.63. The Kier molecular flexibility index (Phi) is 3.98. The SMILES string of the molecule is OC1(CNCCn2cccc2)CCNCC1. The molecule has 0 spiro atoms. The predicted molar refractivity (Wildman–Crippen MR) is 64.4 cm³/mol. The lowest BCUT2D eigenvalue weighted by atomic mass is 9.92. The summed E-state index contributed by atoms with van der Waals surface area (Å²) in [6.07, 6.45) is 5.81. The van der Waals surface area contributed by atoms with Crippen molar-refractivity contribution in [1.82, 2.24) is 15.2 Å². The molecule has 16 heavy (non-hydrogen) atoms. The second-order valence-corrected chi connectivity index (χ2v) is 4.57. The zero-order chi connectivity index (χ0) is 11.3. The van der Waals surface area contributed by atoms with Crippen molar-refractivity contribution in [3.8, 4) is 0 Å². The lowest BCUT2D eigenvalue weighted by molar-refractivity contribution is 0.0112. The largest absolute Gasteiger partial charge is 0.388 e. The number of aromatic nitrogens is 1. The molecule has 1 aromatic rings. The first-order chi connectivity index (χ1) is 7.79. The van der Waals surface area contributed by atoms with Gasteiger partial charge < -0.3 is 20.3 Å². The molecule has 1 saturated heterocycles. The molecule has 2 heterocycles. The third kappa shape index (κ3) is 3.33. The van der Waals surface area contributed by atoms with Crippen LogP contribution in [-0.2, 0) is 6.54 Å². The van der Waals surface area contributed by atoms with E-state index in [9.17, 15) is 5.11 Å². The van der Waals surface area contributed by atoms with Crippen LogP contribution in [0.1, 0.15) is 12.8 Å². The highest BCUT2D eigenvalue weighted by molar-refractivity contribution is 4.90. The second kappa shape index (κ2) is 5.48. The maximum absolute atomic E-state index is 10.2. The lowest BCUT2D eigenvalue weighted by Gasteiger charge is -2.32. The van der Waals surface area contributed by atoms with E-state index in [4.69, 9.17) is 0 Å². The van der Waals surface area contributed by atoms with Gasteiger partial charge in [0.2, 0.25) is 0 Å². The van der Waals surface area contributed by atoms with Crippen molar-refractivity contribution in [2.24, 2.45) is 0 Å². The van der Waals surface area contributed by atoms with E-state index in [1.807, 2.05) is 12.1 Å². The van der Waals surface area contributed by atoms with Gasteiger partial charge in [0, 0.05) is 32.0 Å². The highest BCUT2D eigenvalue weighted by Gasteiger charge is 2.28. The first-order valence-corrected chi connectivity index (χ1v) is 6.03. The van der Waals surface area contributed by atoms with Gasteiger partial charge in [0.15, 0.2) is 0 Å². The van der Waals surface area contributed by atoms with Crippen LogP contribution in [0.2, 0.25) is 0 Å². The third-order valence-corrected chi connectivity index (χ3v) is 3.20. The van der Waals surface area contributed by atoms with Crippen LogP contribution in [0.15, 0.2) is 24.5 Å². The minimum atomic E-state index is -0.498. The number of nitrogens with one attached hydrogen (secondary N) is 2. The van der Waals surface area contributed by atoms with Crippen LogP contribution in [-0.4, -0.2) is 41.5 Å². The Labute approximate surface area is 96.7 Å². The van der Waals surface area contributed by atoms with E-state index in [1.54, 1.807) is 0 Å². The van der Waals surface area contributed by atoms with Crippen molar-refractivity contribution >= 4 is 0 Å². The molecule has 3 N–H and O–H groups in total. The maximum Gasteiger partial charge on any atom is 0.0795 e. The molecule has 2 rings (SSSR count). The minimum Gasteiger partial charge on any atom is -0.388 e. The van der Waals surface area contributed by atoms with Gasteiger partial charge in [-0.1, -0.05) is 0 Å². The van der Waals surface area contributed by atoms with Crippen LogP contribution in [0.4, 0.5) is 0 Å². The minimum absolute atomic E-state index is 0.498. The van der Waals surface area contributed by atoms with Gasteiger partial charge in [0.25, 0.3) is 0 Å². The quantitative estimate of drug-likeness (QED) is 0.625. The van der Waals surface area contributed by atoms with Crippen LogP contribution < -0.4 is 10.6 Å². The Bertz CT molecular complexity index is 291. The summed E-state index contributed by atoms with van der Waals surface area (Å²) < 4.78 is 2.14. The molecular weight excluding hydrogens is 202 g/mol. The molecule has 0 saturated carbocycles. The van der Waals surface area contributed by atoms with E-state index in [1.165, 1.54) is 0 Å². The van der Waals surface area contributed by atoms with Gasteiger partial charge in [-0.05, 0) is 38.1 Å². The molecule has 1 fully saturated rings. The van der Waals surface area contributed by atoms with E-state index in [-0.39, 0.29) is 0 Å².